The summed E-state index contributed by atoms with van der Waals surface area (Å²) in [5.41, 5.74) is 3.63. The standard InChI is InChI=1S/C22H19FN2O3S2/c1-14-3-4-15(2)18(11-14)24-12-20-21(26)22-19(9-10-29-22)25(30(20,27)28)13-16-5-7-17(23)8-6-16/h3-12,24H,13H2,1-2H3. The number of fused-ring (bicyclic) bond motifs is 1. The molecule has 5 nitrogen and oxygen atoms in total. The molecule has 3 aromatic rings. The molecule has 0 aliphatic carbocycles. The van der Waals surface area contributed by atoms with E-state index in [2.05, 4.69) is 5.32 Å². The van der Waals surface area contributed by atoms with Gasteiger partial charge in [0, 0.05) is 11.9 Å². The molecular weight excluding hydrogens is 423 g/mol. The highest BCUT2D eigenvalue weighted by Gasteiger charge is 2.41. The van der Waals surface area contributed by atoms with Gasteiger partial charge in [0.05, 0.1) is 12.2 Å². The van der Waals surface area contributed by atoms with E-state index in [1.54, 1.807) is 11.4 Å². The van der Waals surface area contributed by atoms with Gasteiger partial charge in [-0.15, -0.1) is 11.3 Å². The molecule has 8 heteroatoms. The zero-order chi connectivity index (χ0) is 21.5. The Morgan fingerprint density at radius 3 is 2.57 bits per heavy atom. The van der Waals surface area contributed by atoms with Crippen LogP contribution in [0.2, 0.25) is 0 Å². The number of halogens is 1. The molecule has 0 atom stereocenters. The van der Waals surface area contributed by atoms with E-state index in [1.165, 1.54) is 46.1 Å². The number of benzene rings is 2. The van der Waals surface area contributed by atoms with Crippen LogP contribution in [-0.2, 0) is 16.6 Å². The van der Waals surface area contributed by atoms with Crippen LogP contribution >= 0.6 is 11.3 Å². The average molecular weight is 443 g/mol. The van der Waals surface area contributed by atoms with Crippen molar-refractivity contribution in [1.82, 2.24) is 0 Å². The summed E-state index contributed by atoms with van der Waals surface area (Å²) in [6, 6.07) is 13.0. The zero-order valence-electron chi connectivity index (χ0n) is 16.3. The summed E-state index contributed by atoms with van der Waals surface area (Å²) in [6.45, 7) is 3.83. The largest absolute Gasteiger partial charge is 0.360 e. The first-order valence-electron chi connectivity index (χ1n) is 9.21. The van der Waals surface area contributed by atoms with E-state index in [-0.39, 0.29) is 11.4 Å². The zero-order valence-corrected chi connectivity index (χ0v) is 18.0. The molecule has 154 valence electrons. The number of hydrogen-bond acceptors (Lipinski definition) is 5. The highest BCUT2D eigenvalue weighted by Crippen LogP contribution is 2.39. The van der Waals surface area contributed by atoms with Crippen LogP contribution in [0.25, 0.3) is 0 Å². The van der Waals surface area contributed by atoms with Crippen molar-refractivity contribution in [3.05, 3.63) is 92.4 Å². The lowest BCUT2D eigenvalue weighted by Crippen LogP contribution is -2.38. The maximum absolute atomic E-state index is 13.4. The lowest BCUT2D eigenvalue weighted by molar-refractivity contribution is 0.104. The Hall–Kier alpha value is -2.97. The van der Waals surface area contributed by atoms with Gasteiger partial charge < -0.3 is 5.32 Å². The van der Waals surface area contributed by atoms with Crippen molar-refractivity contribution in [2.75, 3.05) is 9.62 Å². The Balaban J connectivity index is 1.75. The fraction of sp³-hybridized carbons (Fsp3) is 0.136. The highest BCUT2D eigenvalue weighted by molar-refractivity contribution is 7.97. The number of Topliss-reactive ketones (excluding diaryl/α,β-unsaturated/α-hetero) is 1. The molecule has 1 N–H and O–H groups in total. The first kappa shape index (κ1) is 20.3. The fourth-order valence-electron chi connectivity index (χ4n) is 3.25. The lowest BCUT2D eigenvalue weighted by atomic mass is 10.1. The number of carbonyl (C=O) groups is 1. The first-order chi connectivity index (χ1) is 14.3. The van der Waals surface area contributed by atoms with E-state index >= 15 is 0 Å². The van der Waals surface area contributed by atoms with E-state index in [0.29, 0.717) is 16.1 Å². The van der Waals surface area contributed by atoms with Crippen molar-refractivity contribution >= 4 is 38.5 Å². The lowest BCUT2D eigenvalue weighted by Gasteiger charge is -2.29. The molecule has 1 aliphatic heterocycles. The SMILES string of the molecule is Cc1ccc(C)c(NC=C2C(=O)c3sccc3N(Cc3ccc(F)cc3)S2(=O)=O)c1. The quantitative estimate of drug-likeness (QED) is 0.578. The average Bonchev–Trinajstić information content (AvgIpc) is 3.18. The first-order valence-corrected chi connectivity index (χ1v) is 11.5. The highest BCUT2D eigenvalue weighted by atomic mass is 32.2. The minimum Gasteiger partial charge on any atom is -0.360 e. The minimum atomic E-state index is -4.10. The van der Waals surface area contributed by atoms with Crippen LogP contribution in [0.5, 0.6) is 0 Å². The number of aryl methyl sites for hydroxylation is 2. The predicted molar refractivity (Wildman–Crippen MR) is 118 cm³/mol. The summed E-state index contributed by atoms with van der Waals surface area (Å²) >= 11 is 1.20. The van der Waals surface area contributed by atoms with E-state index < -0.39 is 21.6 Å². The van der Waals surface area contributed by atoms with Gasteiger partial charge >= 0.3 is 0 Å². The molecule has 0 unspecified atom stereocenters. The Morgan fingerprint density at radius 1 is 1.10 bits per heavy atom. The number of carbonyl (C=O) groups excluding carboxylic acids is 1. The number of anilines is 2. The maximum atomic E-state index is 13.4. The molecule has 0 fully saturated rings. The smallest absolute Gasteiger partial charge is 0.270 e. The second kappa shape index (κ2) is 7.70. The number of rotatable bonds is 4. The predicted octanol–water partition coefficient (Wildman–Crippen LogP) is 4.99. The van der Waals surface area contributed by atoms with E-state index in [1.807, 2.05) is 32.0 Å². The second-order valence-electron chi connectivity index (χ2n) is 7.07. The molecule has 2 aromatic carbocycles. The van der Waals surface area contributed by atoms with Crippen LogP contribution in [0.1, 0.15) is 26.4 Å². The minimum absolute atomic E-state index is 0.000436. The molecule has 30 heavy (non-hydrogen) atoms. The Morgan fingerprint density at radius 2 is 1.83 bits per heavy atom. The van der Waals surface area contributed by atoms with Crippen LogP contribution in [-0.4, -0.2) is 14.2 Å². The number of thiophene rings is 1. The van der Waals surface area contributed by atoms with Gasteiger partial charge in [-0.25, -0.2) is 12.8 Å². The second-order valence-corrected chi connectivity index (χ2v) is 9.82. The molecule has 0 bridgehead atoms. The van der Waals surface area contributed by atoms with Crippen molar-refractivity contribution < 1.29 is 17.6 Å². The van der Waals surface area contributed by atoms with Gasteiger partial charge in [0.15, 0.2) is 4.91 Å². The number of hydrogen-bond donors (Lipinski definition) is 1. The third-order valence-corrected chi connectivity index (χ3v) is 7.57. The molecule has 0 saturated carbocycles. The number of ketones is 1. The fourth-order valence-corrected chi connectivity index (χ4v) is 5.73. The number of nitrogens with zero attached hydrogens (tertiary/aromatic N) is 1. The summed E-state index contributed by atoms with van der Waals surface area (Å²) in [4.78, 5) is 13.0. The van der Waals surface area contributed by atoms with Crippen LogP contribution in [0.3, 0.4) is 0 Å². The van der Waals surface area contributed by atoms with Crippen LogP contribution < -0.4 is 9.62 Å². The van der Waals surface area contributed by atoms with Crippen LogP contribution in [0.15, 0.2) is 65.0 Å². The molecule has 1 aliphatic rings. The van der Waals surface area contributed by atoms with Gasteiger partial charge in [0.2, 0.25) is 5.78 Å². The van der Waals surface area contributed by atoms with E-state index in [9.17, 15) is 17.6 Å². The van der Waals surface area contributed by atoms with Gasteiger partial charge in [-0.05, 0) is 60.2 Å². The number of sulfonamides is 1. The summed E-state index contributed by atoms with van der Waals surface area (Å²) in [6.07, 6.45) is 1.26. The van der Waals surface area contributed by atoms with Gasteiger partial charge in [0.25, 0.3) is 10.0 Å². The van der Waals surface area contributed by atoms with Crippen molar-refractivity contribution in [1.29, 1.82) is 0 Å². The molecule has 0 saturated heterocycles. The summed E-state index contributed by atoms with van der Waals surface area (Å²) in [5.74, 6) is -0.932. The Labute approximate surface area is 178 Å². The monoisotopic (exact) mass is 442 g/mol. The molecule has 2 heterocycles. The van der Waals surface area contributed by atoms with Crippen molar-refractivity contribution in [2.24, 2.45) is 0 Å². The molecule has 1 aromatic heterocycles. The molecule has 0 amide bonds. The van der Waals surface area contributed by atoms with Crippen molar-refractivity contribution in [2.45, 2.75) is 20.4 Å². The summed E-state index contributed by atoms with van der Waals surface area (Å²) in [5, 5.41) is 4.68. The molecule has 0 radical (unpaired) electrons. The Bertz CT molecular complexity index is 1260. The van der Waals surface area contributed by atoms with E-state index in [0.717, 1.165) is 16.8 Å². The normalized spacial score (nSPS) is 16.6. The van der Waals surface area contributed by atoms with E-state index in [4.69, 9.17) is 0 Å². The van der Waals surface area contributed by atoms with Crippen LogP contribution in [0, 0.1) is 19.7 Å². The topological polar surface area (TPSA) is 66.5 Å². The third kappa shape index (κ3) is 3.64. The van der Waals surface area contributed by atoms with Crippen molar-refractivity contribution in [3.63, 3.8) is 0 Å². The van der Waals surface area contributed by atoms with Gasteiger partial charge in [-0.3, -0.25) is 9.10 Å². The van der Waals surface area contributed by atoms with Gasteiger partial charge in [-0.2, -0.15) is 0 Å². The number of nitrogens with one attached hydrogen (secondary N) is 1. The molecular formula is C22H19FN2O3S2. The summed E-state index contributed by atoms with van der Waals surface area (Å²) < 4.78 is 41.2. The van der Waals surface area contributed by atoms with Crippen molar-refractivity contribution in [3.8, 4) is 0 Å². The maximum Gasteiger partial charge on any atom is 0.270 e. The third-order valence-electron chi connectivity index (χ3n) is 4.90. The Kier molecular flexibility index (Phi) is 5.21. The number of allylic oxidation sites excluding steroid dienone is 1. The van der Waals surface area contributed by atoms with Gasteiger partial charge in [-0.1, -0.05) is 24.3 Å². The molecule has 0 spiro atoms. The molecule has 4 rings (SSSR count). The van der Waals surface area contributed by atoms with Gasteiger partial charge in [0.1, 0.15) is 10.7 Å². The van der Waals surface area contributed by atoms with Crippen LogP contribution in [0.4, 0.5) is 15.8 Å². The summed E-state index contributed by atoms with van der Waals surface area (Å²) in [7, 11) is -4.10.